The number of benzene rings is 2. The topological polar surface area (TPSA) is 157 Å². The highest BCUT2D eigenvalue weighted by molar-refractivity contribution is 7.89. The molecule has 0 heterocycles. The largest absolute Gasteiger partial charge is 0.495 e. The van der Waals surface area contributed by atoms with Crippen LogP contribution < -0.4 is 20.3 Å². The van der Waals surface area contributed by atoms with E-state index in [2.05, 4.69) is 15.6 Å². The maximum Gasteiger partial charge on any atom is 0.270 e. The van der Waals surface area contributed by atoms with Crippen molar-refractivity contribution in [3.63, 3.8) is 0 Å². The second-order valence-electron chi connectivity index (χ2n) is 5.29. The highest BCUT2D eigenvalue weighted by Crippen LogP contribution is 2.24. The molecule has 0 spiro atoms. The van der Waals surface area contributed by atoms with Gasteiger partial charge in [0.2, 0.25) is 10.0 Å². The van der Waals surface area contributed by atoms with Crippen LogP contribution in [0.15, 0.2) is 47.4 Å². The van der Waals surface area contributed by atoms with Crippen LogP contribution in [0.2, 0.25) is 0 Å². The number of hydrogen-bond acceptors (Lipinski definition) is 7. The quantitative estimate of drug-likeness (QED) is 0.466. The number of hydrazine groups is 1. The van der Waals surface area contributed by atoms with Gasteiger partial charge in [0, 0.05) is 23.3 Å². The molecule has 11 nitrogen and oxygen atoms in total. The number of ether oxygens (including phenoxy) is 1. The zero-order valence-electron chi connectivity index (χ0n) is 14.8. The number of methoxy groups -OCH3 is 1. The van der Waals surface area contributed by atoms with Gasteiger partial charge in [-0.05, 0) is 31.3 Å². The fourth-order valence-corrected chi connectivity index (χ4v) is 3.07. The number of nitro benzene ring substituents is 1. The van der Waals surface area contributed by atoms with E-state index in [1.54, 1.807) is 0 Å². The first kappa shape index (κ1) is 20.8. The number of nitro groups is 1. The van der Waals surface area contributed by atoms with Crippen molar-refractivity contribution in [2.75, 3.05) is 14.2 Å². The Hall–Kier alpha value is -3.51. The number of nitrogens with zero attached hydrogens (tertiary/aromatic N) is 1. The van der Waals surface area contributed by atoms with Gasteiger partial charge in [-0.1, -0.05) is 6.07 Å². The summed E-state index contributed by atoms with van der Waals surface area (Å²) in [6.07, 6.45) is 0. The molecule has 0 aliphatic heterocycles. The minimum Gasteiger partial charge on any atom is -0.495 e. The van der Waals surface area contributed by atoms with Crippen LogP contribution in [-0.4, -0.2) is 39.3 Å². The maximum atomic E-state index is 12.2. The van der Waals surface area contributed by atoms with Gasteiger partial charge in [0.15, 0.2) is 0 Å². The molecule has 0 radical (unpaired) electrons. The lowest BCUT2D eigenvalue weighted by Crippen LogP contribution is -2.41. The third kappa shape index (κ3) is 4.61. The molecule has 2 rings (SSSR count). The Labute approximate surface area is 159 Å². The van der Waals surface area contributed by atoms with Gasteiger partial charge >= 0.3 is 0 Å². The summed E-state index contributed by atoms with van der Waals surface area (Å²) in [4.78, 5) is 34.1. The van der Waals surface area contributed by atoms with E-state index in [4.69, 9.17) is 4.74 Å². The van der Waals surface area contributed by atoms with Crippen LogP contribution in [0.5, 0.6) is 5.75 Å². The van der Waals surface area contributed by atoms with Crippen molar-refractivity contribution in [2.45, 2.75) is 4.90 Å². The van der Waals surface area contributed by atoms with Crippen LogP contribution in [0.4, 0.5) is 5.69 Å². The van der Waals surface area contributed by atoms with Crippen molar-refractivity contribution in [3.8, 4) is 5.75 Å². The first-order chi connectivity index (χ1) is 13.2. The van der Waals surface area contributed by atoms with Gasteiger partial charge in [-0.2, -0.15) is 0 Å². The SMILES string of the molecule is CNS(=O)(=O)c1cc(C(=O)NNC(=O)c2cccc([N+](=O)[O-])c2)ccc1OC. The van der Waals surface area contributed by atoms with E-state index in [1.165, 1.54) is 44.5 Å². The first-order valence-electron chi connectivity index (χ1n) is 7.66. The molecule has 0 fully saturated rings. The average Bonchev–Trinajstić information content (AvgIpc) is 2.71. The van der Waals surface area contributed by atoms with Gasteiger partial charge in [-0.15, -0.1) is 0 Å². The van der Waals surface area contributed by atoms with Crippen LogP contribution in [0, 0.1) is 10.1 Å². The Morgan fingerprint density at radius 2 is 1.64 bits per heavy atom. The van der Waals surface area contributed by atoms with Crippen molar-refractivity contribution in [2.24, 2.45) is 0 Å². The summed E-state index contributed by atoms with van der Waals surface area (Å²) in [6.45, 7) is 0. The van der Waals surface area contributed by atoms with Gasteiger partial charge in [0.1, 0.15) is 10.6 Å². The maximum absolute atomic E-state index is 12.2. The van der Waals surface area contributed by atoms with E-state index in [1.807, 2.05) is 0 Å². The number of hydrogen-bond donors (Lipinski definition) is 3. The Bertz CT molecular complexity index is 1040. The van der Waals surface area contributed by atoms with E-state index in [0.29, 0.717) is 0 Å². The lowest BCUT2D eigenvalue weighted by atomic mass is 10.2. The molecule has 2 amide bonds. The van der Waals surface area contributed by atoms with Gasteiger partial charge in [0.25, 0.3) is 17.5 Å². The molecular formula is C16H16N4O7S. The third-order valence-corrected chi connectivity index (χ3v) is 5.03. The van der Waals surface area contributed by atoms with Crippen molar-refractivity contribution in [3.05, 3.63) is 63.7 Å². The van der Waals surface area contributed by atoms with Crippen LogP contribution >= 0.6 is 0 Å². The fourth-order valence-electron chi connectivity index (χ4n) is 2.16. The molecule has 28 heavy (non-hydrogen) atoms. The standard InChI is InChI=1S/C16H16N4O7S/c1-17-28(25,26)14-9-11(6-7-13(14)27-2)16(22)19-18-15(21)10-4-3-5-12(8-10)20(23)24/h3-9,17H,1-2H3,(H,18,21)(H,19,22). The van der Waals surface area contributed by atoms with Crippen LogP contribution in [0.1, 0.15) is 20.7 Å². The van der Waals surface area contributed by atoms with Gasteiger partial charge in [0.05, 0.1) is 12.0 Å². The Kier molecular flexibility index (Phi) is 6.28. The van der Waals surface area contributed by atoms with Crippen LogP contribution in [0.25, 0.3) is 0 Å². The van der Waals surface area contributed by atoms with Gasteiger partial charge in [-0.25, -0.2) is 13.1 Å². The fraction of sp³-hybridized carbons (Fsp3) is 0.125. The molecule has 0 unspecified atom stereocenters. The summed E-state index contributed by atoms with van der Waals surface area (Å²) in [6, 6.07) is 8.61. The van der Waals surface area contributed by atoms with E-state index >= 15 is 0 Å². The third-order valence-electron chi connectivity index (χ3n) is 3.59. The number of amides is 2. The lowest BCUT2D eigenvalue weighted by molar-refractivity contribution is -0.384. The molecule has 148 valence electrons. The molecule has 3 N–H and O–H groups in total. The molecule has 0 aromatic heterocycles. The zero-order chi connectivity index (χ0) is 20.9. The minimum atomic E-state index is -3.89. The first-order valence-corrected chi connectivity index (χ1v) is 9.14. The predicted molar refractivity (Wildman–Crippen MR) is 97.3 cm³/mol. The lowest BCUT2D eigenvalue weighted by Gasteiger charge is -2.11. The second-order valence-corrected chi connectivity index (χ2v) is 7.14. The number of rotatable bonds is 6. The number of sulfonamides is 1. The van der Waals surface area contributed by atoms with E-state index in [9.17, 15) is 28.1 Å². The van der Waals surface area contributed by atoms with Crippen molar-refractivity contribution >= 4 is 27.5 Å². The Balaban J connectivity index is 2.17. The normalized spacial score (nSPS) is 10.8. The summed E-state index contributed by atoms with van der Waals surface area (Å²) in [5, 5.41) is 10.8. The highest BCUT2D eigenvalue weighted by atomic mass is 32.2. The summed E-state index contributed by atoms with van der Waals surface area (Å²) in [5.74, 6) is -1.55. The molecule has 0 atom stereocenters. The summed E-state index contributed by atoms with van der Waals surface area (Å²) < 4.78 is 31.2. The Morgan fingerprint density at radius 3 is 2.18 bits per heavy atom. The van der Waals surface area contributed by atoms with E-state index in [0.717, 1.165) is 12.1 Å². The predicted octanol–water partition coefficient (Wildman–Crippen LogP) is 0.586. The molecule has 0 aliphatic rings. The molecule has 2 aromatic rings. The summed E-state index contributed by atoms with van der Waals surface area (Å²) >= 11 is 0. The summed E-state index contributed by atoms with van der Waals surface area (Å²) in [7, 11) is -1.40. The molecule has 2 aromatic carbocycles. The monoisotopic (exact) mass is 408 g/mol. The van der Waals surface area contributed by atoms with Gasteiger partial charge < -0.3 is 4.74 Å². The van der Waals surface area contributed by atoms with Crippen LogP contribution in [-0.2, 0) is 10.0 Å². The van der Waals surface area contributed by atoms with Gasteiger partial charge in [-0.3, -0.25) is 30.6 Å². The number of carbonyl (C=O) groups excluding carboxylic acids is 2. The van der Waals surface area contributed by atoms with Crippen LogP contribution in [0.3, 0.4) is 0 Å². The molecule has 0 bridgehead atoms. The molecular weight excluding hydrogens is 392 g/mol. The molecule has 12 heteroatoms. The number of nitrogens with one attached hydrogen (secondary N) is 3. The average molecular weight is 408 g/mol. The van der Waals surface area contributed by atoms with Crippen molar-refractivity contribution in [1.29, 1.82) is 0 Å². The zero-order valence-corrected chi connectivity index (χ0v) is 15.6. The van der Waals surface area contributed by atoms with E-state index in [-0.39, 0.29) is 27.5 Å². The van der Waals surface area contributed by atoms with Crippen molar-refractivity contribution < 1.29 is 27.7 Å². The Morgan fingerprint density at radius 1 is 1.04 bits per heavy atom. The second kappa shape index (κ2) is 8.45. The molecule has 0 saturated carbocycles. The smallest absolute Gasteiger partial charge is 0.270 e. The number of carbonyl (C=O) groups is 2. The minimum absolute atomic E-state index is 0.0338. The van der Waals surface area contributed by atoms with Crippen molar-refractivity contribution in [1.82, 2.24) is 15.6 Å². The molecule has 0 aliphatic carbocycles. The number of non-ortho nitro benzene ring substituents is 1. The summed E-state index contributed by atoms with van der Waals surface area (Å²) in [5.41, 5.74) is 3.84. The highest BCUT2D eigenvalue weighted by Gasteiger charge is 2.20. The van der Waals surface area contributed by atoms with E-state index < -0.39 is 26.8 Å². The molecule has 0 saturated heterocycles.